The van der Waals surface area contributed by atoms with Gasteiger partial charge in [-0.15, -0.1) is 0 Å². The molecule has 0 amide bonds. The van der Waals surface area contributed by atoms with Crippen molar-refractivity contribution in [3.8, 4) is 0 Å². The van der Waals surface area contributed by atoms with Gasteiger partial charge >= 0.3 is 0 Å². The molecule has 0 spiro atoms. The fraction of sp³-hybridized carbons (Fsp3) is 0.900. The Balaban J connectivity index is 2.14. The van der Waals surface area contributed by atoms with E-state index in [4.69, 9.17) is 12.2 Å². The Morgan fingerprint density at radius 3 is 2.46 bits per heavy atom. The Labute approximate surface area is 86.5 Å². The second-order valence-corrected chi connectivity index (χ2v) is 4.37. The minimum absolute atomic E-state index is 0.591. The second kappa shape index (κ2) is 4.80. The summed E-state index contributed by atoms with van der Waals surface area (Å²) in [5, 5.41) is 7.21. The lowest BCUT2D eigenvalue weighted by Gasteiger charge is -2.16. The largest absolute Gasteiger partial charge is 0.363 e. The van der Waals surface area contributed by atoms with E-state index >= 15 is 0 Å². The van der Waals surface area contributed by atoms with Crippen LogP contribution in [0.1, 0.15) is 39.5 Å². The second-order valence-electron chi connectivity index (χ2n) is 3.96. The topological polar surface area (TPSA) is 24.1 Å². The van der Waals surface area contributed by atoms with Crippen molar-refractivity contribution in [2.45, 2.75) is 39.5 Å². The molecule has 0 unspecified atom stereocenters. The zero-order chi connectivity index (χ0) is 9.73. The summed E-state index contributed by atoms with van der Waals surface area (Å²) < 4.78 is 0. The maximum absolute atomic E-state index is 5.11. The van der Waals surface area contributed by atoms with Crippen LogP contribution in [-0.2, 0) is 0 Å². The lowest BCUT2D eigenvalue weighted by molar-refractivity contribution is 0.451. The normalized spacial score (nSPS) is 18.0. The molecule has 1 saturated carbocycles. The molecule has 1 aliphatic rings. The van der Waals surface area contributed by atoms with Crippen LogP contribution in [0.5, 0.6) is 0 Å². The van der Waals surface area contributed by atoms with Crippen LogP contribution in [-0.4, -0.2) is 18.2 Å². The van der Waals surface area contributed by atoms with E-state index in [2.05, 4.69) is 24.5 Å². The van der Waals surface area contributed by atoms with Crippen molar-refractivity contribution in [2.24, 2.45) is 5.41 Å². The average Bonchev–Trinajstić information content (AvgIpc) is 2.84. The minimum Gasteiger partial charge on any atom is -0.363 e. The molecule has 0 aromatic rings. The van der Waals surface area contributed by atoms with Gasteiger partial charge in [-0.25, -0.2) is 0 Å². The summed E-state index contributed by atoms with van der Waals surface area (Å²) in [5.41, 5.74) is 0.591. The van der Waals surface area contributed by atoms with Gasteiger partial charge in [-0.2, -0.15) is 0 Å². The van der Waals surface area contributed by atoms with Crippen LogP contribution < -0.4 is 10.6 Å². The smallest absolute Gasteiger partial charge is 0.166 e. The van der Waals surface area contributed by atoms with Gasteiger partial charge in [0.25, 0.3) is 0 Å². The Morgan fingerprint density at radius 1 is 1.31 bits per heavy atom. The number of nitrogens with one attached hydrogen (secondary N) is 2. The Hall–Kier alpha value is -0.310. The van der Waals surface area contributed by atoms with E-state index < -0.39 is 0 Å². The molecule has 2 N–H and O–H groups in total. The molecule has 0 saturated heterocycles. The molecule has 1 rings (SSSR count). The van der Waals surface area contributed by atoms with Crippen LogP contribution in [0.25, 0.3) is 0 Å². The van der Waals surface area contributed by atoms with Crippen LogP contribution >= 0.6 is 12.2 Å². The number of rotatable bonds is 5. The zero-order valence-corrected chi connectivity index (χ0v) is 9.47. The molecule has 1 fully saturated rings. The van der Waals surface area contributed by atoms with E-state index in [9.17, 15) is 0 Å². The van der Waals surface area contributed by atoms with Crippen molar-refractivity contribution in [3.63, 3.8) is 0 Å². The van der Waals surface area contributed by atoms with Crippen LogP contribution in [0.4, 0.5) is 0 Å². The van der Waals surface area contributed by atoms with Crippen LogP contribution in [0.2, 0.25) is 0 Å². The molecule has 0 radical (unpaired) electrons. The highest BCUT2D eigenvalue weighted by molar-refractivity contribution is 7.80. The predicted octanol–water partition coefficient (Wildman–Crippen LogP) is 2.05. The summed E-state index contributed by atoms with van der Waals surface area (Å²) in [7, 11) is 0. The Bertz CT molecular complexity index is 176. The van der Waals surface area contributed by atoms with Crippen molar-refractivity contribution < 1.29 is 0 Å². The van der Waals surface area contributed by atoms with Crippen molar-refractivity contribution >= 4 is 17.3 Å². The maximum atomic E-state index is 5.11. The molecule has 3 heteroatoms. The maximum Gasteiger partial charge on any atom is 0.166 e. The monoisotopic (exact) mass is 200 g/mol. The molecule has 13 heavy (non-hydrogen) atoms. The quantitative estimate of drug-likeness (QED) is 0.664. The predicted molar refractivity (Wildman–Crippen MR) is 60.9 cm³/mol. The highest BCUT2D eigenvalue weighted by Gasteiger charge is 2.41. The molecule has 0 heterocycles. The average molecular weight is 200 g/mol. The summed E-state index contributed by atoms with van der Waals surface area (Å²) in [6.07, 6.45) is 5.38. The van der Waals surface area contributed by atoms with E-state index in [1.807, 2.05) is 0 Å². The molecule has 76 valence electrons. The molecular weight excluding hydrogens is 180 g/mol. The lowest BCUT2D eigenvalue weighted by Crippen LogP contribution is -2.38. The fourth-order valence-electron chi connectivity index (χ4n) is 1.71. The standard InChI is InChI=1S/C10H20N2S/c1-3-5-10(6-7-10)8-12-9(13)11-4-2/h3-8H2,1-2H3,(H2,11,12,13). The first-order chi connectivity index (χ1) is 6.22. The first-order valence-corrected chi connectivity index (χ1v) is 5.65. The number of thiocarbonyl (C=S) groups is 1. The van der Waals surface area contributed by atoms with E-state index in [1.54, 1.807) is 0 Å². The van der Waals surface area contributed by atoms with E-state index in [0.717, 1.165) is 18.2 Å². The fourth-order valence-corrected chi connectivity index (χ4v) is 1.93. The first kappa shape index (κ1) is 10.8. The molecular formula is C10H20N2S. The molecule has 0 aromatic carbocycles. The van der Waals surface area contributed by atoms with Gasteiger partial charge in [0, 0.05) is 13.1 Å². The van der Waals surface area contributed by atoms with Gasteiger partial charge < -0.3 is 10.6 Å². The highest BCUT2D eigenvalue weighted by Crippen LogP contribution is 2.48. The molecule has 2 nitrogen and oxygen atoms in total. The van der Waals surface area contributed by atoms with Crippen LogP contribution in [0, 0.1) is 5.41 Å². The van der Waals surface area contributed by atoms with Crippen LogP contribution in [0.3, 0.4) is 0 Å². The molecule has 0 bridgehead atoms. The third-order valence-electron chi connectivity index (χ3n) is 2.70. The molecule has 0 aromatic heterocycles. The van der Waals surface area contributed by atoms with Crippen molar-refractivity contribution in [3.05, 3.63) is 0 Å². The van der Waals surface area contributed by atoms with E-state index in [-0.39, 0.29) is 0 Å². The minimum atomic E-state index is 0.591. The van der Waals surface area contributed by atoms with Crippen molar-refractivity contribution in [1.29, 1.82) is 0 Å². The van der Waals surface area contributed by atoms with Gasteiger partial charge in [-0.05, 0) is 43.8 Å². The van der Waals surface area contributed by atoms with E-state index in [1.165, 1.54) is 25.7 Å². The molecule has 0 aliphatic heterocycles. The van der Waals surface area contributed by atoms with Gasteiger partial charge in [0.2, 0.25) is 0 Å². The van der Waals surface area contributed by atoms with Crippen molar-refractivity contribution in [2.75, 3.05) is 13.1 Å². The Kier molecular flexibility index (Phi) is 3.97. The third kappa shape index (κ3) is 3.51. The van der Waals surface area contributed by atoms with Gasteiger partial charge in [0.1, 0.15) is 0 Å². The summed E-state index contributed by atoms with van der Waals surface area (Å²) >= 11 is 5.11. The highest BCUT2D eigenvalue weighted by atomic mass is 32.1. The zero-order valence-electron chi connectivity index (χ0n) is 8.65. The summed E-state index contributed by atoms with van der Waals surface area (Å²) in [6.45, 7) is 6.29. The van der Waals surface area contributed by atoms with Crippen molar-refractivity contribution in [1.82, 2.24) is 10.6 Å². The first-order valence-electron chi connectivity index (χ1n) is 5.24. The van der Waals surface area contributed by atoms with Gasteiger partial charge in [-0.1, -0.05) is 13.3 Å². The summed E-state index contributed by atoms with van der Waals surface area (Å²) in [6, 6.07) is 0. The molecule has 0 atom stereocenters. The SMILES string of the molecule is CCCC1(CNC(=S)NCC)CC1. The van der Waals surface area contributed by atoms with Gasteiger partial charge in [0.05, 0.1) is 0 Å². The van der Waals surface area contributed by atoms with E-state index in [0.29, 0.717) is 5.41 Å². The molecule has 1 aliphatic carbocycles. The van der Waals surface area contributed by atoms with Gasteiger partial charge in [0.15, 0.2) is 5.11 Å². The lowest BCUT2D eigenvalue weighted by atomic mass is 10.0. The number of hydrogen-bond acceptors (Lipinski definition) is 1. The number of hydrogen-bond donors (Lipinski definition) is 2. The third-order valence-corrected chi connectivity index (χ3v) is 2.99. The Morgan fingerprint density at radius 2 is 2.00 bits per heavy atom. The van der Waals surface area contributed by atoms with Crippen LogP contribution in [0.15, 0.2) is 0 Å². The van der Waals surface area contributed by atoms with Gasteiger partial charge in [-0.3, -0.25) is 0 Å². The summed E-state index contributed by atoms with van der Waals surface area (Å²) in [4.78, 5) is 0. The summed E-state index contributed by atoms with van der Waals surface area (Å²) in [5.74, 6) is 0.